The van der Waals surface area contributed by atoms with Crippen molar-refractivity contribution in [1.82, 2.24) is 15.1 Å². The van der Waals surface area contributed by atoms with Crippen LogP contribution in [-0.4, -0.2) is 56.1 Å². The summed E-state index contributed by atoms with van der Waals surface area (Å²) in [5, 5.41) is 5.73. The molecule has 1 unspecified atom stereocenters. The minimum Gasteiger partial charge on any atom is -0.311 e. The van der Waals surface area contributed by atoms with Gasteiger partial charge >= 0.3 is 0 Å². The molecule has 1 aromatic rings. The van der Waals surface area contributed by atoms with Crippen LogP contribution in [-0.2, 0) is 6.54 Å². The van der Waals surface area contributed by atoms with E-state index in [1.165, 1.54) is 10.4 Å². The summed E-state index contributed by atoms with van der Waals surface area (Å²) in [6.45, 7) is 12.2. The van der Waals surface area contributed by atoms with Crippen LogP contribution in [0.4, 0.5) is 0 Å². The first-order valence-corrected chi connectivity index (χ1v) is 8.05. The Morgan fingerprint density at radius 1 is 1.37 bits per heavy atom. The van der Waals surface area contributed by atoms with Gasteiger partial charge in [0.25, 0.3) is 0 Å². The first kappa shape index (κ1) is 16.6. The van der Waals surface area contributed by atoms with Crippen LogP contribution >= 0.6 is 11.3 Å². The number of nitrogens with one attached hydrogen (secondary N) is 1. The summed E-state index contributed by atoms with van der Waals surface area (Å²) in [5.74, 6) is 0. The first-order chi connectivity index (χ1) is 9.04. The zero-order valence-electron chi connectivity index (χ0n) is 13.1. The monoisotopic (exact) mass is 283 g/mol. The second-order valence-electron chi connectivity index (χ2n) is 5.44. The Kier molecular flexibility index (Phi) is 7.61. The standard InChI is InChI=1S/C15H29N3S/c1-6-18(14(3)12-17(4)5)9-8-16-11-15-13(2)7-10-19-15/h7,10,14,16H,6,8-9,11-12H2,1-5H3. The average Bonchev–Trinajstić information content (AvgIpc) is 2.74. The Balaban J connectivity index is 2.24. The van der Waals surface area contributed by atoms with Gasteiger partial charge in [-0.1, -0.05) is 6.92 Å². The fraction of sp³-hybridized carbons (Fsp3) is 0.733. The third-order valence-electron chi connectivity index (χ3n) is 3.49. The molecule has 1 heterocycles. The molecule has 3 nitrogen and oxygen atoms in total. The maximum absolute atomic E-state index is 3.56. The van der Waals surface area contributed by atoms with Crippen molar-refractivity contribution >= 4 is 11.3 Å². The Bertz CT molecular complexity index is 349. The molecule has 1 atom stereocenters. The minimum absolute atomic E-state index is 0.616. The molecule has 110 valence electrons. The van der Waals surface area contributed by atoms with Crippen molar-refractivity contribution in [3.05, 3.63) is 21.9 Å². The molecule has 1 N–H and O–H groups in total. The molecule has 0 radical (unpaired) electrons. The van der Waals surface area contributed by atoms with Crippen LogP contribution in [0.25, 0.3) is 0 Å². The number of hydrogen-bond donors (Lipinski definition) is 1. The van der Waals surface area contributed by atoms with Gasteiger partial charge in [0.05, 0.1) is 0 Å². The van der Waals surface area contributed by atoms with Gasteiger partial charge in [0.1, 0.15) is 0 Å². The van der Waals surface area contributed by atoms with E-state index in [2.05, 4.69) is 61.4 Å². The lowest BCUT2D eigenvalue weighted by atomic mass is 10.2. The van der Waals surface area contributed by atoms with E-state index in [4.69, 9.17) is 0 Å². The highest BCUT2D eigenvalue weighted by Gasteiger charge is 2.12. The third kappa shape index (κ3) is 6.04. The Morgan fingerprint density at radius 2 is 2.11 bits per heavy atom. The predicted octanol–water partition coefficient (Wildman–Crippen LogP) is 2.42. The van der Waals surface area contributed by atoms with Crippen molar-refractivity contribution in [2.45, 2.75) is 33.4 Å². The molecule has 0 aliphatic heterocycles. The molecule has 0 saturated heterocycles. The molecule has 0 aromatic carbocycles. The van der Waals surface area contributed by atoms with Crippen molar-refractivity contribution < 1.29 is 0 Å². The second-order valence-corrected chi connectivity index (χ2v) is 6.44. The van der Waals surface area contributed by atoms with E-state index in [1.54, 1.807) is 0 Å². The van der Waals surface area contributed by atoms with E-state index in [0.29, 0.717) is 6.04 Å². The van der Waals surface area contributed by atoms with Crippen molar-refractivity contribution in [3.63, 3.8) is 0 Å². The average molecular weight is 283 g/mol. The van der Waals surface area contributed by atoms with Gasteiger partial charge in [0, 0.05) is 37.1 Å². The van der Waals surface area contributed by atoms with Crippen molar-refractivity contribution in [2.75, 3.05) is 40.3 Å². The summed E-state index contributed by atoms with van der Waals surface area (Å²) < 4.78 is 0. The molecule has 0 amide bonds. The maximum atomic E-state index is 3.56. The Hall–Kier alpha value is -0.420. The first-order valence-electron chi connectivity index (χ1n) is 7.17. The van der Waals surface area contributed by atoms with Gasteiger partial charge < -0.3 is 10.2 Å². The highest BCUT2D eigenvalue weighted by molar-refractivity contribution is 7.10. The SMILES string of the molecule is CCN(CCNCc1sccc1C)C(C)CN(C)C. The largest absolute Gasteiger partial charge is 0.311 e. The molecule has 0 aliphatic rings. The highest BCUT2D eigenvalue weighted by atomic mass is 32.1. The van der Waals surface area contributed by atoms with E-state index in [9.17, 15) is 0 Å². The van der Waals surface area contributed by atoms with E-state index in [1.807, 2.05) is 11.3 Å². The predicted molar refractivity (Wildman–Crippen MR) is 86.0 cm³/mol. The normalized spacial score (nSPS) is 13.4. The number of thiophene rings is 1. The molecular weight excluding hydrogens is 254 g/mol. The van der Waals surface area contributed by atoms with Gasteiger partial charge in [0.15, 0.2) is 0 Å². The molecule has 0 bridgehead atoms. The topological polar surface area (TPSA) is 18.5 Å². The lowest BCUT2D eigenvalue weighted by Crippen LogP contribution is -2.43. The Labute approximate surface area is 122 Å². The zero-order valence-corrected chi connectivity index (χ0v) is 13.9. The number of hydrogen-bond acceptors (Lipinski definition) is 4. The van der Waals surface area contributed by atoms with Crippen molar-refractivity contribution in [2.24, 2.45) is 0 Å². The molecule has 0 aliphatic carbocycles. The fourth-order valence-corrected chi connectivity index (χ4v) is 3.22. The van der Waals surface area contributed by atoms with Crippen LogP contribution in [0.3, 0.4) is 0 Å². The molecule has 0 spiro atoms. The molecule has 0 fully saturated rings. The number of nitrogens with zero attached hydrogens (tertiary/aromatic N) is 2. The van der Waals surface area contributed by atoms with Crippen LogP contribution in [0.1, 0.15) is 24.3 Å². The van der Waals surface area contributed by atoms with Gasteiger partial charge in [-0.25, -0.2) is 0 Å². The summed E-state index contributed by atoms with van der Waals surface area (Å²) in [7, 11) is 4.28. The van der Waals surface area contributed by atoms with Crippen LogP contribution in [0, 0.1) is 6.92 Å². The van der Waals surface area contributed by atoms with E-state index >= 15 is 0 Å². The van der Waals surface area contributed by atoms with Crippen molar-refractivity contribution in [3.8, 4) is 0 Å². The fourth-order valence-electron chi connectivity index (χ4n) is 2.34. The second kappa shape index (κ2) is 8.69. The number of aryl methyl sites for hydroxylation is 1. The smallest absolute Gasteiger partial charge is 0.0302 e. The summed E-state index contributed by atoms with van der Waals surface area (Å²) in [6.07, 6.45) is 0. The van der Waals surface area contributed by atoms with Gasteiger partial charge in [-0.2, -0.15) is 0 Å². The van der Waals surface area contributed by atoms with Crippen LogP contribution in [0.15, 0.2) is 11.4 Å². The third-order valence-corrected chi connectivity index (χ3v) is 4.51. The quantitative estimate of drug-likeness (QED) is 0.702. The molecule has 1 rings (SSSR count). The van der Waals surface area contributed by atoms with Crippen LogP contribution in [0.5, 0.6) is 0 Å². The minimum atomic E-state index is 0.616. The van der Waals surface area contributed by atoms with Crippen LogP contribution < -0.4 is 5.32 Å². The van der Waals surface area contributed by atoms with Crippen molar-refractivity contribution in [1.29, 1.82) is 0 Å². The number of rotatable bonds is 9. The molecule has 0 saturated carbocycles. The highest BCUT2D eigenvalue weighted by Crippen LogP contribution is 2.14. The lowest BCUT2D eigenvalue weighted by Gasteiger charge is -2.30. The van der Waals surface area contributed by atoms with E-state index in [-0.39, 0.29) is 0 Å². The van der Waals surface area contributed by atoms with Gasteiger partial charge in [-0.3, -0.25) is 4.90 Å². The summed E-state index contributed by atoms with van der Waals surface area (Å²) >= 11 is 1.85. The van der Waals surface area contributed by atoms with Gasteiger partial charge in [0.2, 0.25) is 0 Å². The van der Waals surface area contributed by atoms with Gasteiger partial charge in [-0.05, 0) is 51.5 Å². The summed E-state index contributed by atoms with van der Waals surface area (Å²) in [4.78, 5) is 6.26. The molecular formula is C15H29N3S. The van der Waals surface area contributed by atoms with E-state index < -0.39 is 0 Å². The summed E-state index contributed by atoms with van der Waals surface area (Å²) in [6, 6.07) is 2.81. The lowest BCUT2D eigenvalue weighted by molar-refractivity contribution is 0.182. The molecule has 1 aromatic heterocycles. The zero-order chi connectivity index (χ0) is 14.3. The molecule has 4 heteroatoms. The summed E-state index contributed by atoms with van der Waals surface area (Å²) in [5.41, 5.74) is 1.41. The maximum Gasteiger partial charge on any atom is 0.0302 e. The van der Waals surface area contributed by atoms with Gasteiger partial charge in [-0.15, -0.1) is 11.3 Å². The Morgan fingerprint density at radius 3 is 2.63 bits per heavy atom. The van der Waals surface area contributed by atoms with Crippen LogP contribution in [0.2, 0.25) is 0 Å². The number of likely N-dealkylation sites (N-methyl/N-ethyl adjacent to an activating group) is 2. The molecule has 19 heavy (non-hydrogen) atoms. The van der Waals surface area contributed by atoms with E-state index in [0.717, 1.165) is 32.7 Å².